The second kappa shape index (κ2) is 7.76. The third kappa shape index (κ3) is 3.67. The molecule has 1 amide bonds. The second-order valence-corrected chi connectivity index (χ2v) is 8.60. The number of nitrogens with one attached hydrogen (secondary N) is 1. The molecule has 0 spiro atoms. The Morgan fingerprint density at radius 2 is 2.03 bits per heavy atom. The molecule has 0 saturated heterocycles. The summed E-state index contributed by atoms with van der Waals surface area (Å²) in [4.78, 5) is 17.3. The monoisotopic (exact) mass is 441 g/mol. The van der Waals surface area contributed by atoms with E-state index in [0.717, 1.165) is 24.9 Å². The number of hydrogen-bond donors (Lipinski definition) is 1. The third-order valence-electron chi connectivity index (χ3n) is 6.59. The molecule has 2 aliphatic carbocycles. The highest BCUT2D eigenvalue weighted by molar-refractivity contribution is 6.01. The SMILES string of the molecule is CCC1(c2ccn3c(-c4cc(OC)c(C(=O)NC5CC5)c(OC(F)F)c4)cnc3c2)CC1. The van der Waals surface area contributed by atoms with Crippen LogP contribution in [0, 0.1) is 0 Å². The number of amides is 1. The van der Waals surface area contributed by atoms with Crippen LogP contribution in [0.25, 0.3) is 16.9 Å². The van der Waals surface area contributed by atoms with Gasteiger partial charge in [-0.2, -0.15) is 8.78 Å². The van der Waals surface area contributed by atoms with Gasteiger partial charge in [-0.15, -0.1) is 0 Å². The van der Waals surface area contributed by atoms with E-state index in [4.69, 9.17) is 9.47 Å². The minimum Gasteiger partial charge on any atom is -0.496 e. The normalized spacial score (nSPS) is 16.9. The fraction of sp³-hybridized carbons (Fsp3) is 0.417. The number of carbonyl (C=O) groups excluding carboxylic acids is 1. The Morgan fingerprint density at radius 1 is 1.28 bits per heavy atom. The van der Waals surface area contributed by atoms with Gasteiger partial charge in [0.05, 0.1) is 19.0 Å². The Labute approximate surface area is 184 Å². The van der Waals surface area contributed by atoms with Gasteiger partial charge in [0.15, 0.2) is 0 Å². The molecule has 6 nitrogen and oxygen atoms in total. The Balaban J connectivity index is 1.58. The van der Waals surface area contributed by atoms with E-state index in [-0.39, 0.29) is 28.5 Å². The molecular weight excluding hydrogens is 416 g/mol. The van der Waals surface area contributed by atoms with E-state index in [9.17, 15) is 13.6 Å². The van der Waals surface area contributed by atoms with Crippen molar-refractivity contribution in [2.75, 3.05) is 7.11 Å². The van der Waals surface area contributed by atoms with Gasteiger partial charge in [-0.25, -0.2) is 4.98 Å². The Hall–Kier alpha value is -3.16. The number of fused-ring (bicyclic) bond motifs is 1. The molecule has 2 saturated carbocycles. The van der Waals surface area contributed by atoms with Crippen LogP contribution in [0.2, 0.25) is 0 Å². The summed E-state index contributed by atoms with van der Waals surface area (Å²) in [6, 6.07) is 7.36. The quantitative estimate of drug-likeness (QED) is 0.538. The summed E-state index contributed by atoms with van der Waals surface area (Å²) in [6.07, 6.45) is 8.85. The molecule has 2 fully saturated rings. The Morgan fingerprint density at radius 3 is 2.66 bits per heavy atom. The molecule has 0 atom stereocenters. The minimum atomic E-state index is -3.07. The molecule has 1 N–H and O–H groups in total. The topological polar surface area (TPSA) is 64.9 Å². The number of rotatable bonds is 8. The lowest BCUT2D eigenvalue weighted by molar-refractivity contribution is -0.0502. The highest BCUT2D eigenvalue weighted by Crippen LogP contribution is 2.51. The van der Waals surface area contributed by atoms with Gasteiger partial charge in [0.1, 0.15) is 22.7 Å². The molecule has 3 aromatic rings. The Kier molecular flexibility index (Phi) is 5.03. The summed E-state index contributed by atoms with van der Waals surface area (Å²) < 4.78 is 38.4. The summed E-state index contributed by atoms with van der Waals surface area (Å²) in [5.41, 5.74) is 3.54. The van der Waals surface area contributed by atoms with E-state index in [0.29, 0.717) is 11.3 Å². The van der Waals surface area contributed by atoms with E-state index < -0.39 is 12.5 Å². The summed E-state index contributed by atoms with van der Waals surface area (Å²) in [6.45, 7) is -0.873. The maximum atomic E-state index is 13.2. The van der Waals surface area contributed by atoms with Crippen LogP contribution in [-0.2, 0) is 5.41 Å². The lowest BCUT2D eigenvalue weighted by atomic mass is 9.94. The molecule has 5 rings (SSSR count). The van der Waals surface area contributed by atoms with E-state index in [2.05, 4.69) is 29.4 Å². The maximum Gasteiger partial charge on any atom is 0.387 e. The van der Waals surface area contributed by atoms with Crippen LogP contribution >= 0.6 is 0 Å². The van der Waals surface area contributed by atoms with Crippen LogP contribution in [0.15, 0.2) is 36.7 Å². The average molecular weight is 441 g/mol. The molecule has 1 aromatic carbocycles. The first-order valence-corrected chi connectivity index (χ1v) is 10.9. The summed E-state index contributed by atoms with van der Waals surface area (Å²) in [5, 5.41) is 2.81. The van der Waals surface area contributed by atoms with Gasteiger partial charge in [0.25, 0.3) is 5.91 Å². The smallest absolute Gasteiger partial charge is 0.387 e. The third-order valence-corrected chi connectivity index (χ3v) is 6.59. The molecule has 0 unspecified atom stereocenters. The molecule has 2 aliphatic rings. The van der Waals surface area contributed by atoms with Gasteiger partial charge in [-0.3, -0.25) is 9.20 Å². The fourth-order valence-corrected chi connectivity index (χ4v) is 4.32. The predicted octanol–water partition coefficient (Wildman–Crippen LogP) is 4.95. The van der Waals surface area contributed by atoms with E-state index in [1.165, 1.54) is 31.6 Å². The highest BCUT2D eigenvalue weighted by atomic mass is 19.3. The molecule has 168 valence electrons. The van der Waals surface area contributed by atoms with Crippen molar-refractivity contribution in [3.8, 4) is 22.8 Å². The number of methoxy groups -OCH3 is 1. The number of imidazole rings is 1. The summed E-state index contributed by atoms with van der Waals surface area (Å²) in [7, 11) is 1.40. The second-order valence-electron chi connectivity index (χ2n) is 8.60. The number of nitrogens with zero attached hydrogens (tertiary/aromatic N) is 2. The standard InChI is InChI=1S/C24H25F2N3O3/c1-3-24(7-8-24)15-6-9-29-17(13-27-20(29)12-15)14-10-18(31-2)21(19(11-14)32-23(25)26)22(30)28-16-4-5-16/h6,9-13,16,23H,3-5,7-8H2,1-2H3,(H,28,30). The van der Waals surface area contributed by atoms with Gasteiger partial charge in [0, 0.05) is 17.8 Å². The van der Waals surface area contributed by atoms with Crippen LogP contribution in [0.4, 0.5) is 8.78 Å². The number of pyridine rings is 1. The molecule has 32 heavy (non-hydrogen) atoms. The van der Waals surface area contributed by atoms with Crippen molar-refractivity contribution >= 4 is 11.6 Å². The first-order chi connectivity index (χ1) is 15.4. The summed E-state index contributed by atoms with van der Waals surface area (Å²) >= 11 is 0. The predicted molar refractivity (Wildman–Crippen MR) is 116 cm³/mol. The van der Waals surface area contributed by atoms with Crippen LogP contribution in [0.3, 0.4) is 0 Å². The number of ether oxygens (including phenoxy) is 2. The minimum absolute atomic E-state index is 0.0295. The van der Waals surface area contributed by atoms with Crippen molar-refractivity contribution in [1.82, 2.24) is 14.7 Å². The molecule has 0 bridgehead atoms. The largest absolute Gasteiger partial charge is 0.496 e. The zero-order chi connectivity index (χ0) is 22.5. The van der Waals surface area contributed by atoms with E-state index >= 15 is 0 Å². The first kappa shape index (κ1) is 20.7. The highest BCUT2D eigenvalue weighted by Gasteiger charge is 2.42. The van der Waals surface area contributed by atoms with Gasteiger partial charge in [-0.05, 0) is 67.3 Å². The first-order valence-electron chi connectivity index (χ1n) is 10.9. The maximum absolute atomic E-state index is 13.2. The van der Waals surface area contributed by atoms with Crippen molar-refractivity contribution in [2.24, 2.45) is 0 Å². The number of carbonyl (C=O) groups is 1. The molecule has 8 heteroatoms. The van der Waals surface area contributed by atoms with Gasteiger partial charge < -0.3 is 14.8 Å². The number of halogens is 2. The number of hydrogen-bond acceptors (Lipinski definition) is 4. The molecule has 2 aromatic heterocycles. The van der Waals surface area contributed by atoms with Gasteiger partial charge >= 0.3 is 6.61 Å². The Bertz CT molecular complexity index is 1180. The average Bonchev–Trinajstić information content (AvgIpc) is 3.70. The van der Waals surface area contributed by atoms with Crippen molar-refractivity contribution < 1.29 is 23.0 Å². The number of alkyl halides is 2. The van der Waals surface area contributed by atoms with Crippen LogP contribution in [0.1, 0.15) is 54.9 Å². The lowest BCUT2D eigenvalue weighted by Crippen LogP contribution is -2.26. The van der Waals surface area contributed by atoms with Crippen LogP contribution in [-0.4, -0.2) is 35.1 Å². The van der Waals surface area contributed by atoms with Gasteiger partial charge in [0.2, 0.25) is 0 Å². The lowest BCUT2D eigenvalue weighted by Gasteiger charge is -2.17. The number of benzene rings is 1. The zero-order valence-electron chi connectivity index (χ0n) is 18.0. The molecular formula is C24H25F2N3O3. The molecule has 0 radical (unpaired) electrons. The molecule has 2 heterocycles. The van der Waals surface area contributed by atoms with Crippen LogP contribution in [0.5, 0.6) is 11.5 Å². The molecule has 0 aliphatic heterocycles. The van der Waals surface area contributed by atoms with E-state index in [1.807, 2.05) is 10.6 Å². The van der Waals surface area contributed by atoms with Crippen molar-refractivity contribution in [2.45, 2.75) is 57.1 Å². The summed E-state index contributed by atoms with van der Waals surface area (Å²) in [5.74, 6) is -0.531. The number of aromatic nitrogens is 2. The van der Waals surface area contributed by atoms with Gasteiger partial charge in [-0.1, -0.05) is 6.92 Å². The zero-order valence-corrected chi connectivity index (χ0v) is 18.0. The van der Waals surface area contributed by atoms with Crippen molar-refractivity contribution in [3.05, 3.63) is 47.8 Å². The van der Waals surface area contributed by atoms with Crippen molar-refractivity contribution in [3.63, 3.8) is 0 Å². The fourth-order valence-electron chi connectivity index (χ4n) is 4.32. The van der Waals surface area contributed by atoms with E-state index in [1.54, 1.807) is 12.3 Å². The van der Waals surface area contributed by atoms with Crippen LogP contribution < -0.4 is 14.8 Å². The van der Waals surface area contributed by atoms with Crippen molar-refractivity contribution in [1.29, 1.82) is 0 Å².